The van der Waals surface area contributed by atoms with Crippen LogP contribution >= 0.6 is 0 Å². The molecule has 1 heterocycles. The Labute approximate surface area is 114 Å². The van der Waals surface area contributed by atoms with Gasteiger partial charge in [0.1, 0.15) is 5.82 Å². The first kappa shape index (κ1) is 14.0. The van der Waals surface area contributed by atoms with Gasteiger partial charge in [-0.2, -0.15) is 5.26 Å². The standard InChI is InChI=1S/C15H20FN3/c1-12(19-6-2-3-7-19)10-18-11-14-8-15(16)5-4-13(14)9-17/h4-5,8,12,18H,2-3,6-7,10-11H2,1H3. The molecule has 1 N–H and O–H groups in total. The maximum Gasteiger partial charge on any atom is 0.123 e. The van der Waals surface area contributed by atoms with Crippen LogP contribution in [0.3, 0.4) is 0 Å². The fourth-order valence-corrected chi connectivity index (χ4v) is 2.54. The molecule has 0 aromatic heterocycles. The Bertz CT molecular complexity index is 461. The zero-order valence-electron chi connectivity index (χ0n) is 11.3. The summed E-state index contributed by atoms with van der Waals surface area (Å²) in [6.07, 6.45) is 2.57. The van der Waals surface area contributed by atoms with Gasteiger partial charge in [-0.15, -0.1) is 0 Å². The van der Waals surface area contributed by atoms with E-state index in [4.69, 9.17) is 5.26 Å². The average Bonchev–Trinajstić information content (AvgIpc) is 2.93. The van der Waals surface area contributed by atoms with Crippen molar-refractivity contribution in [2.24, 2.45) is 0 Å². The highest BCUT2D eigenvalue weighted by Crippen LogP contribution is 2.12. The number of rotatable bonds is 5. The summed E-state index contributed by atoms with van der Waals surface area (Å²) >= 11 is 0. The maximum atomic E-state index is 13.2. The van der Waals surface area contributed by atoms with E-state index in [1.807, 2.05) is 0 Å². The van der Waals surface area contributed by atoms with E-state index in [9.17, 15) is 4.39 Å². The van der Waals surface area contributed by atoms with Crippen molar-refractivity contribution in [3.63, 3.8) is 0 Å². The second-order valence-corrected chi connectivity index (χ2v) is 5.14. The van der Waals surface area contributed by atoms with Crippen LogP contribution in [0.25, 0.3) is 0 Å². The zero-order chi connectivity index (χ0) is 13.7. The first-order chi connectivity index (χ1) is 9.20. The van der Waals surface area contributed by atoms with Gasteiger partial charge in [-0.3, -0.25) is 4.90 Å². The number of nitrogens with one attached hydrogen (secondary N) is 1. The van der Waals surface area contributed by atoms with E-state index in [0.717, 1.165) is 12.1 Å². The highest BCUT2D eigenvalue weighted by atomic mass is 19.1. The maximum absolute atomic E-state index is 13.2. The lowest BCUT2D eigenvalue weighted by molar-refractivity contribution is 0.251. The molecule has 2 rings (SSSR count). The molecule has 1 aliphatic heterocycles. The number of nitrogens with zero attached hydrogens (tertiary/aromatic N) is 2. The zero-order valence-corrected chi connectivity index (χ0v) is 11.3. The summed E-state index contributed by atoms with van der Waals surface area (Å²) in [6, 6.07) is 6.89. The van der Waals surface area contributed by atoms with Crippen LogP contribution in [0.1, 0.15) is 30.9 Å². The van der Waals surface area contributed by atoms with E-state index < -0.39 is 0 Å². The van der Waals surface area contributed by atoms with Gasteiger partial charge in [0, 0.05) is 19.1 Å². The molecule has 1 atom stereocenters. The minimum absolute atomic E-state index is 0.289. The van der Waals surface area contributed by atoms with Crippen LogP contribution in [-0.2, 0) is 6.54 Å². The van der Waals surface area contributed by atoms with Crippen LogP contribution in [0.15, 0.2) is 18.2 Å². The predicted molar refractivity (Wildman–Crippen MR) is 73.1 cm³/mol. The van der Waals surface area contributed by atoms with E-state index in [0.29, 0.717) is 18.2 Å². The van der Waals surface area contributed by atoms with Gasteiger partial charge >= 0.3 is 0 Å². The van der Waals surface area contributed by atoms with Crippen LogP contribution in [0, 0.1) is 17.1 Å². The minimum atomic E-state index is -0.289. The van der Waals surface area contributed by atoms with Gasteiger partial charge < -0.3 is 5.32 Å². The number of likely N-dealkylation sites (tertiary alicyclic amines) is 1. The number of hydrogen-bond donors (Lipinski definition) is 1. The Kier molecular flexibility index (Phi) is 4.89. The normalized spacial score (nSPS) is 17.3. The van der Waals surface area contributed by atoms with E-state index in [1.54, 1.807) is 0 Å². The van der Waals surface area contributed by atoms with Gasteiger partial charge in [0.05, 0.1) is 11.6 Å². The molecule has 0 saturated carbocycles. The highest BCUT2D eigenvalue weighted by Gasteiger charge is 2.17. The monoisotopic (exact) mass is 261 g/mol. The second-order valence-electron chi connectivity index (χ2n) is 5.14. The van der Waals surface area contributed by atoms with Crippen molar-refractivity contribution in [2.75, 3.05) is 19.6 Å². The molecule has 0 amide bonds. The first-order valence-electron chi connectivity index (χ1n) is 6.84. The SMILES string of the molecule is CC(CNCc1cc(F)ccc1C#N)N1CCCC1. The fraction of sp³-hybridized carbons (Fsp3) is 0.533. The third-order valence-electron chi connectivity index (χ3n) is 3.71. The van der Waals surface area contributed by atoms with Gasteiger partial charge in [-0.1, -0.05) is 0 Å². The van der Waals surface area contributed by atoms with E-state index in [1.165, 1.54) is 44.1 Å². The first-order valence-corrected chi connectivity index (χ1v) is 6.84. The quantitative estimate of drug-likeness (QED) is 0.883. The Balaban J connectivity index is 1.85. The molecular formula is C15H20FN3. The molecule has 1 aliphatic rings. The molecule has 1 saturated heterocycles. The second kappa shape index (κ2) is 6.65. The molecule has 1 unspecified atom stereocenters. The number of benzene rings is 1. The van der Waals surface area contributed by atoms with Crippen LogP contribution in [0.2, 0.25) is 0 Å². The molecule has 1 aromatic carbocycles. The van der Waals surface area contributed by atoms with Crippen LogP contribution < -0.4 is 5.32 Å². The smallest absolute Gasteiger partial charge is 0.123 e. The molecule has 0 spiro atoms. The van der Waals surface area contributed by atoms with Crippen molar-refractivity contribution >= 4 is 0 Å². The number of halogens is 1. The molecule has 0 aliphatic carbocycles. The van der Waals surface area contributed by atoms with Crippen molar-refractivity contribution in [3.8, 4) is 6.07 Å². The Morgan fingerprint density at radius 2 is 2.16 bits per heavy atom. The summed E-state index contributed by atoms with van der Waals surface area (Å²) in [4.78, 5) is 2.46. The number of nitriles is 1. The highest BCUT2D eigenvalue weighted by molar-refractivity contribution is 5.37. The summed E-state index contributed by atoms with van der Waals surface area (Å²) in [5.41, 5.74) is 1.28. The lowest BCUT2D eigenvalue weighted by atomic mass is 10.1. The van der Waals surface area contributed by atoms with Crippen LogP contribution in [0.4, 0.5) is 4.39 Å². The third kappa shape index (κ3) is 3.76. The summed E-state index contributed by atoms with van der Waals surface area (Å²) in [5.74, 6) is -0.289. The van der Waals surface area contributed by atoms with Crippen molar-refractivity contribution in [1.82, 2.24) is 10.2 Å². The molecule has 0 bridgehead atoms. The molecule has 1 aromatic rings. The summed E-state index contributed by atoms with van der Waals surface area (Å²) < 4.78 is 13.2. The molecular weight excluding hydrogens is 241 g/mol. The molecule has 102 valence electrons. The average molecular weight is 261 g/mol. The Morgan fingerprint density at radius 3 is 2.84 bits per heavy atom. The largest absolute Gasteiger partial charge is 0.311 e. The van der Waals surface area contributed by atoms with Crippen molar-refractivity contribution in [2.45, 2.75) is 32.4 Å². The van der Waals surface area contributed by atoms with E-state index >= 15 is 0 Å². The lowest BCUT2D eigenvalue weighted by Gasteiger charge is -2.24. The van der Waals surface area contributed by atoms with Crippen molar-refractivity contribution in [3.05, 3.63) is 35.1 Å². The van der Waals surface area contributed by atoms with Gasteiger partial charge in [0.15, 0.2) is 0 Å². The molecule has 4 heteroatoms. The summed E-state index contributed by atoms with van der Waals surface area (Å²) in [6.45, 7) is 5.95. The Morgan fingerprint density at radius 1 is 1.42 bits per heavy atom. The predicted octanol–water partition coefficient (Wildman–Crippen LogP) is 2.27. The summed E-state index contributed by atoms with van der Waals surface area (Å²) in [7, 11) is 0. The van der Waals surface area contributed by atoms with Crippen molar-refractivity contribution < 1.29 is 4.39 Å². The van der Waals surface area contributed by atoms with E-state index in [-0.39, 0.29) is 5.82 Å². The number of hydrogen-bond acceptors (Lipinski definition) is 3. The molecule has 1 fully saturated rings. The molecule has 0 radical (unpaired) electrons. The van der Waals surface area contributed by atoms with Crippen LogP contribution in [0.5, 0.6) is 0 Å². The Hall–Kier alpha value is -1.44. The lowest BCUT2D eigenvalue weighted by Crippen LogP contribution is -2.38. The summed E-state index contributed by atoms with van der Waals surface area (Å²) in [5, 5.41) is 12.3. The van der Waals surface area contributed by atoms with Gasteiger partial charge in [-0.25, -0.2) is 4.39 Å². The van der Waals surface area contributed by atoms with Crippen LogP contribution in [-0.4, -0.2) is 30.6 Å². The van der Waals surface area contributed by atoms with Crippen molar-refractivity contribution in [1.29, 1.82) is 5.26 Å². The van der Waals surface area contributed by atoms with E-state index in [2.05, 4.69) is 23.2 Å². The van der Waals surface area contributed by atoms with Gasteiger partial charge in [-0.05, 0) is 56.6 Å². The minimum Gasteiger partial charge on any atom is -0.311 e. The van der Waals surface area contributed by atoms with Gasteiger partial charge in [0.2, 0.25) is 0 Å². The fourth-order valence-electron chi connectivity index (χ4n) is 2.54. The topological polar surface area (TPSA) is 39.1 Å². The van der Waals surface area contributed by atoms with Gasteiger partial charge in [0.25, 0.3) is 0 Å². The molecule has 19 heavy (non-hydrogen) atoms. The third-order valence-corrected chi connectivity index (χ3v) is 3.71. The molecule has 3 nitrogen and oxygen atoms in total.